The molecule has 2 heterocycles. The minimum atomic E-state index is -1.50. The number of unbranched alkanes of at least 4 members (excludes halogenated alkanes) is 2. The Kier molecular flexibility index (Phi) is 16.5. The molecule has 7 atom stereocenters. The first-order chi connectivity index (χ1) is 34.4. The molecule has 0 bridgehead atoms. The fourth-order valence-electron chi connectivity index (χ4n) is 11.2. The van der Waals surface area contributed by atoms with Crippen molar-refractivity contribution >= 4 is 34.2 Å². The van der Waals surface area contributed by atoms with Gasteiger partial charge in [-0.05, 0) is 114 Å². The summed E-state index contributed by atoms with van der Waals surface area (Å²) in [6.45, 7) is 5.16. The van der Waals surface area contributed by atoms with Crippen molar-refractivity contribution in [3.8, 4) is 28.4 Å². The van der Waals surface area contributed by atoms with Crippen LogP contribution in [0.1, 0.15) is 81.3 Å². The molecule has 2 aliphatic carbocycles. The third-order valence-electron chi connectivity index (χ3n) is 14.4. The van der Waals surface area contributed by atoms with Crippen molar-refractivity contribution in [3.63, 3.8) is 0 Å². The van der Waals surface area contributed by atoms with Crippen LogP contribution in [0.15, 0.2) is 145 Å². The number of aliphatic hydroxyl groups is 2. The van der Waals surface area contributed by atoms with E-state index in [-0.39, 0.29) is 63.0 Å². The number of hydrogen-bond acceptors (Lipinski definition) is 10. The second-order valence-electron chi connectivity index (χ2n) is 18.7. The molecule has 4 aliphatic rings. The lowest BCUT2D eigenvalue weighted by molar-refractivity contribution is -0.256. The molecule has 1 unspecified atom stereocenters. The number of oxime groups is 1. The number of carbonyl (C=O) groups excluding carboxylic acids is 1. The van der Waals surface area contributed by atoms with E-state index < -0.39 is 30.1 Å². The van der Waals surface area contributed by atoms with E-state index in [0.29, 0.717) is 48.8 Å². The average Bonchev–Trinajstić information content (AvgIpc) is 3.40. The molecular formula is C58H65ClN2O9. The molecule has 0 spiro atoms. The number of allylic oxidation sites excluding steroid dienone is 1. The third kappa shape index (κ3) is 10.8. The maximum absolute atomic E-state index is 14.9. The zero-order chi connectivity index (χ0) is 48.3. The molecule has 5 aromatic carbocycles. The maximum Gasteiger partial charge on any atom is 0.410 e. The van der Waals surface area contributed by atoms with Crippen molar-refractivity contribution in [1.29, 1.82) is 0 Å². The van der Waals surface area contributed by atoms with E-state index in [2.05, 4.69) is 61.2 Å². The van der Waals surface area contributed by atoms with E-state index in [9.17, 15) is 15.0 Å². The second-order valence-corrected chi connectivity index (χ2v) is 19.1. The number of halogens is 1. The van der Waals surface area contributed by atoms with Gasteiger partial charge in [0.25, 0.3) is 0 Å². The van der Waals surface area contributed by atoms with E-state index in [1.54, 1.807) is 11.0 Å². The smallest absolute Gasteiger partial charge is 0.410 e. The Hall–Kier alpha value is -5.69. The van der Waals surface area contributed by atoms with Crippen LogP contribution >= 0.6 is 11.6 Å². The number of benzene rings is 5. The van der Waals surface area contributed by atoms with E-state index in [4.69, 9.17) is 45.3 Å². The Labute approximate surface area is 416 Å². The van der Waals surface area contributed by atoms with Crippen molar-refractivity contribution in [2.24, 2.45) is 22.9 Å². The summed E-state index contributed by atoms with van der Waals surface area (Å²) < 4.78 is 33.5. The van der Waals surface area contributed by atoms with Crippen LogP contribution in [0.2, 0.25) is 0 Å². The van der Waals surface area contributed by atoms with E-state index in [1.165, 1.54) is 0 Å². The fraction of sp³-hybridized carbons (Fsp3) is 0.414. The highest BCUT2D eigenvalue weighted by atomic mass is 35.5. The molecule has 0 aromatic heterocycles. The Bertz CT molecular complexity index is 2590. The quantitative estimate of drug-likeness (QED) is 0.0320. The Morgan fingerprint density at radius 2 is 1.63 bits per heavy atom. The van der Waals surface area contributed by atoms with Crippen LogP contribution in [0.4, 0.5) is 4.79 Å². The minimum absolute atomic E-state index is 0.00381. The van der Waals surface area contributed by atoms with Gasteiger partial charge in [0.2, 0.25) is 12.1 Å². The summed E-state index contributed by atoms with van der Waals surface area (Å²) in [7, 11) is 0. The van der Waals surface area contributed by atoms with Gasteiger partial charge in [0.1, 0.15) is 29.9 Å². The average molecular weight is 970 g/mol. The summed E-state index contributed by atoms with van der Waals surface area (Å²) in [6, 6.07) is 37.8. The van der Waals surface area contributed by atoms with Gasteiger partial charge < -0.3 is 38.7 Å². The zero-order valence-corrected chi connectivity index (χ0v) is 40.6. The number of aliphatic hydroxyl groups excluding tert-OH is 2. The number of ether oxygens (including phenoxy) is 5. The zero-order valence-electron chi connectivity index (χ0n) is 39.8. The van der Waals surface area contributed by atoms with Crippen molar-refractivity contribution < 1.29 is 43.5 Å². The normalized spacial score (nSPS) is 24.2. The van der Waals surface area contributed by atoms with Crippen LogP contribution in [-0.2, 0) is 25.6 Å². The van der Waals surface area contributed by atoms with E-state index >= 15 is 0 Å². The molecule has 1 saturated carbocycles. The highest BCUT2D eigenvalue weighted by molar-refractivity contribution is 6.18. The minimum Gasteiger partial charge on any atom is -0.459 e. The predicted octanol–water partition coefficient (Wildman–Crippen LogP) is 12.3. The van der Waals surface area contributed by atoms with Crippen LogP contribution in [0.5, 0.6) is 17.2 Å². The summed E-state index contributed by atoms with van der Waals surface area (Å²) in [6.07, 6.45) is 10.3. The van der Waals surface area contributed by atoms with Gasteiger partial charge in [0.05, 0.1) is 37.3 Å². The standard InChI is InChI=1S/C58H65ClN2O9/c1-2-33-67-58-53(61(57(64)66-35-30-59)39-44-20-14-19-42-17-6-7-21-47(42)44)38-51(60-70-54-23-10-13-34-65-54)49-36-43(18-8-11-31-62)48(22-9-12-32-63)55(56(49)58)50-37-46(28-29-52(50)69-58)68-45-26-24-41(25-27-45)40-15-4-3-5-16-40/h2-7,14-17,19-21,24-29,36-37,43,48,53-56,62-63H,1,8-13,18,22-23,30-35,38-39H2/t43-,48+,53-,54?,55+,56+,58+/m0/s1. The molecule has 2 aliphatic heterocycles. The van der Waals surface area contributed by atoms with Gasteiger partial charge in [-0.3, -0.25) is 4.90 Å². The van der Waals surface area contributed by atoms with Gasteiger partial charge in [0, 0.05) is 37.5 Å². The van der Waals surface area contributed by atoms with Crippen LogP contribution in [0, 0.1) is 17.8 Å². The number of alkyl halides is 1. The Morgan fingerprint density at radius 1 is 0.871 bits per heavy atom. The first kappa shape index (κ1) is 49.3. The SMILES string of the molecule is C=CCO[C@@]12Oc3ccc(Oc4ccc(-c5ccccc5)cc4)cc3[C@H]3[C@H](CCCCO)[C@@H](CCCCO)C=C(C(=NOC4CCCCO4)C[C@@H]1N(Cc1cccc4ccccc14)C(=O)OCCCl)[C@H]32. The summed E-state index contributed by atoms with van der Waals surface area (Å²) in [5.41, 5.74) is 5.70. The summed E-state index contributed by atoms with van der Waals surface area (Å²) >= 11 is 6.21. The molecule has 9 rings (SSSR count). The molecule has 12 heteroatoms. The van der Waals surface area contributed by atoms with Gasteiger partial charge in [-0.15, -0.1) is 18.2 Å². The fourth-order valence-corrected chi connectivity index (χ4v) is 11.3. The van der Waals surface area contributed by atoms with Gasteiger partial charge in [-0.2, -0.15) is 0 Å². The predicted molar refractivity (Wildman–Crippen MR) is 273 cm³/mol. The molecular weight excluding hydrogens is 904 g/mol. The van der Waals surface area contributed by atoms with Crippen LogP contribution in [-0.4, -0.2) is 84.0 Å². The van der Waals surface area contributed by atoms with Crippen LogP contribution in [0.3, 0.4) is 0 Å². The number of nitrogens with zero attached hydrogens (tertiary/aromatic N) is 2. The summed E-state index contributed by atoms with van der Waals surface area (Å²) in [5.74, 6) is -0.129. The van der Waals surface area contributed by atoms with Crippen molar-refractivity contribution in [3.05, 3.63) is 151 Å². The van der Waals surface area contributed by atoms with Crippen LogP contribution in [0.25, 0.3) is 21.9 Å². The van der Waals surface area contributed by atoms with Crippen molar-refractivity contribution in [1.82, 2.24) is 4.90 Å². The lowest BCUT2D eigenvalue weighted by atomic mass is 9.55. The monoisotopic (exact) mass is 968 g/mol. The molecule has 5 aromatic rings. The van der Waals surface area contributed by atoms with E-state index in [0.717, 1.165) is 77.1 Å². The Morgan fingerprint density at radius 3 is 2.40 bits per heavy atom. The molecule has 11 nitrogen and oxygen atoms in total. The molecule has 2 fully saturated rings. The number of fused-ring (bicyclic) bond motifs is 3. The number of hydrogen-bond donors (Lipinski definition) is 2. The maximum atomic E-state index is 14.9. The molecule has 1 amide bonds. The van der Waals surface area contributed by atoms with Gasteiger partial charge >= 0.3 is 6.09 Å². The number of carbonyl (C=O) groups is 1. The van der Waals surface area contributed by atoms with Crippen LogP contribution < -0.4 is 9.47 Å². The number of rotatable bonds is 21. The van der Waals surface area contributed by atoms with Gasteiger partial charge in [-0.1, -0.05) is 115 Å². The highest BCUT2D eigenvalue weighted by Gasteiger charge is 2.66. The topological polar surface area (TPSA) is 129 Å². The Balaban J connectivity index is 1.22. The highest BCUT2D eigenvalue weighted by Crippen LogP contribution is 2.62. The lowest BCUT2D eigenvalue weighted by Gasteiger charge is -2.60. The molecule has 2 N–H and O–H groups in total. The molecule has 368 valence electrons. The van der Waals surface area contributed by atoms with Gasteiger partial charge in [0.15, 0.2) is 0 Å². The summed E-state index contributed by atoms with van der Waals surface area (Å²) in [5, 5.41) is 27.2. The molecule has 1 saturated heterocycles. The lowest BCUT2D eigenvalue weighted by Crippen LogP contribution is -2.70. The number of amides is 1. The van der Waals surface area contributed by atoms with E-state index in [1.807, 2.05) is 66.7 Å². The van der Waals surface area contributed by atoms with Crippen molar-refractivity contribution in [2.45, 2.75) is 94.8 Å². The second kappa shape index (κ2) is 23.5. The summed E-state index contributed by atoms with van der Waals surface area (Å²) in [4.78, 5) is 23.0. The third-order valence-corrected chi connectivity index (χ3v) is 14.5. The first-order valence-electron chi connectivity index (χ1n) is 25.1. The van der Waals surface area contributed by atoms with Crippen molar-refractivity contribution in [2.75, 3.05) is 38.9 Å². The van der Waals surface area contributed by atoms with Gasteiger partial charge in [-0.25, -0.2) is 4.79 Å². The first-order valence-corrected chi connectivity index (χ1v) is 25.6. The molecule has 0 radical (unpaired) electrons. The molecule has 70 heavy (non-hydrogen) atoms. The largest absolute Gasteiger partial charge is 0.459 e.